The predicted octanol–water partition coefficient (Wildman–Crippen LogP) is 2.01. The van der Waals surface area contributed by atoms with Gasteiger partial charge in [-0.1, -0.05) is 0 Å². The Bertz CT molecular complexity index is 787. The number of nitrogens with one attached hydrogen (secondary N) is 1. The van der Waals surface area contributed by atoms with Crippen LogP contribution in [0.25, 0.3) is 0 Å². The molecule has 0 aliphatic rings. The zero-order valence-electron chi connectivity index (χ0n) is 13.8. The SMILES string of the molecule is COc1ccc(O[C@@H](C)C(=O)Nc2ccc(C(N)=O)cc2)c(C=O)c1. The minimum absolute atomic E-state index is 0.280. The number of amides is 2. The van der Waals surface area contributed by atoms with E-state index < -0.39 is 17.9 Å². The zero-order valence-corrected chi connectivity index (χ0v) is 13.8. The van der Waals surface area contributed by atoms with Crippen molar-refractivity contribution in [2.75, 3.05) is 12.4 Å². The van der Waals surface area contributed by atoms with Gasteiger partial charge in [-0.2, -0.15) is 0 Å². The molecule has 0 aliphatic carbocycles. The van der Waals surface area contributed by atoms with Crippen LogP contribution in [0.3, 0.4) is 0 Å². The summed E-state index contributed by atoms with van der Waals surface area (Å²) in [5.74, 6) is -0.154. The number of anilines is 1. The van der Waals surface area contributed by atoms with Crippen LogP contribution in [0.4, 0.5) is 5.69 Å². The van der Waals surface area contributed by atoms with Crippen LogP contribution in [0.1, 0.15) is 27.6 Å². The molecule has 0 saturated heterocycles. The summed E-state index contributed by atoms with van der Waals surface area (Å²) >= 11 is 0. The normalized spacial score (nSPS) is 11.3. The highest BCUT2D eigenvalue weighted by molar-refractivity contribution is 5.96. The lowest BCUT2D eigenvalue weighted by Gasteiger charge is -2.16. The number of primary amides is 1. The second kappa shape index (κ2) is 7.96. The summed E-state index contributed by atoms with van der Waals surface area (Å²) in [7, 11) is 1.49. The molecule has 0 heterocycles. The topological polar surface area (TPSA) is 108 Å². The van der Waals surface area contributed by atoms with Gasteiger partial charge in [-0.05, 0) is 49.4 Å². The van der Waals surface area contributed by atoms with Gasteiger partial charge in [0.15, 0.2) is 12.4 Å². The number of benzene rings is 2. The van der Waals surface area contributed by atoms with Gasteiger partial charge in [0.05, 0.1) is 12.7 Å². The second-order valence-electron chi connectivity index (χ2n) is 5.21. The van der Waals surface area contributed by atoms with E-state index in [-0.39, 0.29) is 11.3 Å². The lowest BCUT2D eigenvalue weighted by atomic mass is 10.2. The van der Waals surface area contributed by atoms with E-state index in [0.717, 1.165) is 0 Å². The van der Waals surface area contributed by atoms with Crippen LogP contribution >= 0.6 is 0 Å². The summed E-state index contributed by atoms with van der Waals surface area (Å²) in [6, 6.07) is 10.9. The van der Waals surface area contributed by atoms with Crippen LogP contribution in [-0.2, 0) is 4.79 Å². The van der Waals surface area contributed by atoms with E-state index in [1.165, 1.54) is 25.3 Å². The van der Waals surface area contributed by atoms with Crippen molar-refractivity contribution in [3.63, 3.8) is 0 Å². The van der Waals surface area contributed by atoms with Crippen molar-refractivity contribution in [1.82, 2.24) is 0 Å². The average molecular weight is 342 g/mol. The van der Waals surface area contributed by atoms with Crippen LogP contribution in [0, 0.1) is 0 Å². The number of methoxy groups -OCH3 is 1. The maximum absolute atomic E-state index is 12.2. The molecule has 25 heavy (non-hydrogen) atoms. The summed E-state index contributed by atoms with van der Waals surface area (Å²) in [5, 5.41) is 2.66. The first kappa shape index (κ1) is 18.0. The number of aldehydes is 1. The molecule has 0 aromatic heterocycles. The van der Waals surface area contributed by atoms with Gasteiger partial charge in [0.2, 0.25) is 5.91 Å². The molecule has 2 rings (SSSR count). The fraction of sp³-hybridized carbons (Fsp3) is 0.167. The largest absolute Gasteiger partial charge is 0.497 e. The standard InChI is InChI=1S/C18H18N2O5/c1-11(25-16-8-7-15(24-2)9-13(16)10-21)18(23)20-14-5-3-12(4-6-14)17(19)22/h3-11H,1-2H3,(H2,19,22)(H,20,23)/t11-/m0/s1. The van der Waals surface area contributed by atoms with E-state index >= 15 is 0 Å². The Morgan fingerprint density at radius 1 is 1.16 bits per heavy atom. The molecule has 0 unspecified atom stereocenters. The number of hydrogen-bond acceptors (Lipinski definition) is 5. The Labute approximate surface area is 144 Å². The molecule has 2 amide bonds. The van der Waals surface area contributed by atoms with Gasteiger partial charge in [0.25, 0.3) is 5.91 Å². The average Bonchev–Trinajstić information content (AvgIpc) is 2.62. The molecule has 0 fully saturated rings. The van der Waals surface area contributed by atoms with Crippen molar-refractivity contribution >= 4 is 23.8 Å². The van der Waals surface area contributed by atoms with Crippen molar-refractivity contribution in [3.8, 4) is 11.5 Å². The minimum Gasteiger partial charge on any atom is -0.497 e. The van der Waals surface area contributed by atoms with Gasteiger partial charge in [-0.25, -0.2) is 0 Å². The van der Waals surface area contributed by atoms with Crippen LogP contribution in [0.2, 0.25) is 0 Å². The van der Waals surface area contributed by atoms with Crippen molar-refractivity contribution in [1.29, 1.82) is 0 Å². The molecule has 0 bridgehead atoms. The third kappa shape index (κ3) is 4.57. The molecular formula is C18H18N2O5. The molecule has 0 spiro atoms. The van der Waals surface area contributed by atoms with E-state index in [9.17, 15) is 14.4 Å². The summed E-state index contributed by atoms with van der Waals surface area (Å²) in [6.45, 7) is 1.56. The molecule has 2 aromatic carbocycles. The quantitative estimate of drug-likeness (QED) is 0.748. The molecule has 130 valence electrons. The predicted molar refractivity (Wildman–Crippen MR) is 92.1 cm³/mol. The summed E-state index contributed by atoms with van der Waals surface area (Å²) < 4.78 is 10.6. The molecule has 2 aromatic rings. The van der Waals surface area contributed by atoms with Crippen molar-refractivity contribution in [2.24, 2.45) is 5.73 Å². The Hall–Kier alpha value is -3.35. The first-order valence-corrected chi connectivity index (χ1v) is 7.45. The number of hydrogen-bond donors (Lipinski definition) is 2. The number of ether oxygens (including phenoxy) is 2. The van der Waals surface area contributed by atoms with Gasteiger partial charge in [0, 0.05) is 11.3 Å². The second-order valence-corrected chi connectivity index (χ2v) is 5.21. The molecular weight excluding hydrogens is 324 g/mol. The number of carbonyl (C=O) groups is 3. The summed E-state index contributed by atoms with van der Waals surface area (Å²) in [5.41, 5.74) is 6.29. The lowest BCUT2D eigenvalue weighted by molar-refractivity contribution is -0.122. The van der Waals surface area contributed by atoms with Gasteiger partial charge in [0.1, 0.15) is 11.5 Å². The Morgan fingerprint density at radius 3 is 2.40 bits per heavy atom. The van der Waals surface area contributed by atoms with E-state index in [1.807, 2.05) is 0 Å². The lowest BCUT2D eigenvalue weighted by Crippen LogP contribution is -2.30. The summed E-state index contributed by atoms with van der Waals surface area (Å²) in [6.07, 6.45) is -0.215. The molecule has 3 N–H and O–H groups in total. The summed E-state index contributed by atoms with van der Waals surface area (Å²) in [4.78, 5) is 34.4. The maximum atomic E-state index is 12.2. The highest BCUT2D eigenvalue weighted by atomic mass is 16.5. The molecule has 0 aliphatic heterocycles. The van der Waals surface area contributed by atoms with Gasteiger partial charge in [-0.15, -0.1) is 0 Å². The zero-order chi connectivity index (χ0) is 18.4. The third-order valence-electron chi connectivity index (χ3n) is 3.45. The smallest absolute Gasteiger partial charge is 0.265 e. The van der Waals surface area contributed by atoms with Crippen LogP contribution in [-0.4, -0.2) is 31.3 Å². The van der Waals surface area contributed by atoms with Crippen LogP contribution in [0.5, 0.6) is 11.5 Å². The van der Waals surface area contributed by atoms with Crippen molar-refractivity contribution in [2.45, 2.75) is 13.0 Å². The number of nitrogens with two attached hydrogens (primary N) is 1. The van der Waals surface area contributed by atoms with E-state index in [2.05, 4.69) is 5.32 Å². The van der Waals surface area contributed by atoms with Crippen LogP contribution in [0.15, 0.2) is 42.5 Å². The van der Waals surface area contributed by atoms with Crippen molar-refractivity contribution in [3.05, 3.63) is 53.6 Å². The van der Waals surface area contributed by atoms with E-state index in [0.29, 0.717) is 23.3 Å². The van der Waals surface area contributed by atoms with E-state index in [4.69, 9.17) is 15.2 Å². The Morgan fingerprint density at radius 2 is 1.84 bits per heavy atom. The monoisotopic (exact) mass is 342 g/mol. The van der Waals surface area contributed by atoms with Crippen molar-refractivity contribution < 1.29 is 23.9 Å². The number of rotatable bonds is 7. The van der Waals surface area contributed by atoms with E-state index in [1.54, 1.807) is 31.2 Å². The Kier molecular flexibility index (Phi) is 5.73. The Balaban J connectivity index is 2.05. The fourth-order valence-electron chi connectivity index (χ4n) is 2.06. The molecule has 7 heteroatoms. The fourth-order valence-corrected chi connectivity index (χ4v) is 2.06. The van der Waals surface area contributed by atoms with Crippen LogP contribution < -0.4 is 20.5 Å². The highest BCUT2D eigenvalue weighted by Gasteiger charge is 2.17. The first-order valence-electron chi connectivity index (χ1n) is 7.45. The van der Waals surface area contributed by atoms with Gasteiger partial charge in [-0.3, -0.25) is 14.4 Å². The van der Waals surface area contributed by atoms with Gasteiger partial charge < -0.3 is 20.5 Å². The first-order chi connectivity index (χ1) is 11.9. The molecule has 7 nitrogen and oxygen atoms in total. The third-order valence-corrected chi connectivity index (χ3v) is 3.45. The highest BCUT2D eigenvalue weighted by Crippen LogP contribution is 2.24. The molecule has 0 radical (unpaired) electrons. The molecule has 0 saturated carbocycles. The number of carbonyl (C=O) groups excluding carboxylic acids is 3. The van der Waals surface area contributed by atoms with Gasteiger partial charge >= 0.3 is 0 Å². The minimum atomic E-state index is -0.845. The maximum Gasteiger partial charge on any atom is 0.265 e. The molecule has 1 atom stereocenters.